The Hall–Kier alpha value is -3.50. The highest BCUT2D eigenvalue weighted by molar-refractivity contribution is 6.38. The number of Topliss-reactive ketones (excluding diaryl/α,β-unsaturated/α-hetero) is 1. The zero-order valence-corrected chi connectivity index (χ0v) is 21.0. The number of allylic oxidation sites excluding steroid dienone is 2. The van der Waals surface area contributed by atoms with E-state index in [1.54, 1.807) is 24.3 Å². The molecule has 0 spiro atoms. The molecule has 3 aromatic carbocycles. The molecule has 4 nitrogen and oxygen atoms in total. The number of anilines is 1. The monoisotopic (exact) mass is 495 g/mol. The first-order valence-corrected chi connectivity index (χ1v) is 12.8. The number of carbonyl (C=O) groups excluding carboxylic acids is 3. The predicted octanol–water partition coefficient (Wildman–Crippen LogP) is 6.45. The van der Waals surface area contributed by atoms with Gasteiger partial charge < -0.3 is 0 Å². The molecule has 1 heterocycles. The Balaban J connectivity index is 1.67. The van der Waals surface area contributed by atoms with Crippen LogP contribution in [-0.4, -0.2) is 17.6 Å². The van der Waals surface area contributed by atoms with Crippen LogP contribution in [0, 0.1) is 22.7 Å². The molecule has 0 radical (unpaired) electrons. The number of imide groups is 1. The molecule has 180 valence electrons. The predicted molar refractivity (Wildman–Crippen MR) is 141 cm³/mol. The van der Waals surface area contributed by atoms with Crippen LogP contribution in [-0.2, 0) is 14.4 Å². The number of nitrogens with zero attached hydrogens (tertiary/aromatic N) is 1. The minimum atomic E-state index is -1.13. The van der Waals surface area contributed by atoms with Gasteiger partial charge in [-0.05, 0) is 47.8 Å². The second-order valence-electron chi connectivity index (χ2n) is 10.2. The normalized spacial score (nSPS) is 28.9. The van der Waals surface area contributed by atoms with Gasteiger partial charge >= 0.3 is 0 Å². The van der Waals surface area contributed by atoms with Crippen LogP contribution in [0.15, 0.2) is 84.9 Å². The summed E-state index contributed by atoms with van der Waals surface area (Å²) in [5.74, 6) is -2.22. The lowest BCUT2D eigenvalue weighted by atomic mass is 9.61. The number of hydrogen-bond donors (Lipinski definition) is 0. The number of fused-ring (bicyclic) bond motifs is 5. The standard InChI is InChI=1S/C31H26ClNO3/c1-3-18-31-24(20-14-8-5-9-15-20)23(19-12-6-4-7-13-19)30(2,29(31)36)25-26(31)28(35)33(27(25)34)22-17-11-10-16-21(22)32/h4-17,25-26H,3,18H2,1-2H3/t25-,26-,30+,31-/m1/s1. The fraction of sp³-hybridized carbons (Fsp3) is 0.258. The molecule has 2 fully saturated rings. The maximum atomic E-state index is 14.6. The average molecular weight is 496 g/mol. The van der Waals surface area contributed by atoms with Crippen LogP contribution >= 0.6 is 11.6 Å². The molecule has 3 aromatic rings. The number of amides is 2. The fourth-order valence-electron chi connectivity index (χ4n) is 7.23. The minimum Gasteiger partial charge on any atom is -0.298 e. The summed E-state index contributed by atoms with van der Waals surface area (Å²) in [6.07, 6.45) is 1.20. The van der Waals surface area contributed by atoms with Crippen LogP contribution in [0.4, 0.5) is 5.69 Å². The van der Waals surface area contributed by atoms with E-state index in [-0.39, 0.29) is 17.6 Å². The maximum absolute atomic E-state index is 14.6. The summed E-state index contributed by atoms with van der Waals surface area (Å²) in [6, 6.07) is 26.6. The van der Waals surface area contributed by atoms with Crippen LogP contribution in [0.3, 0.4) is 0 Å². The summed E-state index contributed by atoms with van der Waals surface area (Å²) in [5, 5.41) is 0.340. The Morgan fingerprint density at radius 3 is 1.86 bits per heavy atom. The third-order valence-electron chi connectivity index (χ3n) is 8.41. The summed E-state index contributed by atoms with van der Waals surface area (Å²) >= 11 is 6.46. The second kappa shape index (κ2) is 8.01. The number of para-hydroxylation sites is 1. The Morgan fingerprint density at radius 1 is 0.750 bits per heavy atom. The van der Waals surface area contributed by atoms with Gasteiger partial charge in [-0.2, -0.15) is 0 Å². The molecule has 1 aliphatic heterocycles. The first-order chi connectivity index (χ1) is 17.4. The number of carbonyl (C=O) groups is 3. The Morgan fingerprint density at radius 2 is 1.28 bits per heavy atom. The van der Waals surface area contributed by atoms with Crippen molar-refractivity contribution in [1.29, 1.82) is 0 Å². The Kier molecular flexibility index (Phi) is 5.10. The SMILES string of the molecule is CCC[C@@]12C(=O)[C@@](C)(C(c3ccccc3)=C1c1ccccc1)[C@H]1C(=O)N(c3ccccc3Cl)C(=O)[C@@H]12. The minimum absolute atomic E-state index is 0.00920. The van der Waals surface area contributed by atoms with E-state index in [4.69, 9.17) is 11.6 Å². The molecule has 2 amide bonds. The van der Waals surface area contributed by atoms with Gasteiger partial charge in [-0.1, -0.05) is 97.7 Å². The molecule has 1 saturated heterocycles. The molecule has 0 N–H and O–H groups in total. The van der Waals surface area contributed by atoms with Crippen molar-refractivity contribution in [2.45, 2.75) is 26.7 Å². The molecule has 0 unspecified atom stereocenters. The van der Waals surface area contributed by atoms with Gasteiger partial charge in [0.25, 0.3) is 0 Å². The number of halogens is 1. The number of rotatable bonds is 5. The summed E-state index contributed by atoms with van der Waals surface area (Å²) in [5.41, 5.74) is 1.78. The van der Waals surface area contributed by atoms with Crippen LogP contribution in [0.5, 0.6) is 0 Å². The van der Waals surface area contributed by atoms with Crippen molar-refractivity contribution in [3.63, 3.8) is 0 Å². The van der Waals surface area contributed by atoms with Crippen molar-refractivity contribution in [3.05, 3.63) is 101 Å². The summed E-state index contributed by atoms with van der Waals surface area (Å²) in [6.45, 7) is 3.91. The van der Waals surface area contributed by atoms with Gasteiger partial charge in [-0.3, -0.25) is 14.4 Å². The first kappa shape index (κ1) is 22.9. The van der Waals surface area contributed by atoms with E-state index in [0.29, 0.717) is 23.6 Å². The molecular weight excluding hydrogens is 470 g/mol. The van der Waals surface area contributed by atoms with Crippen LogP contribution < -0.4 is 4.90 Å². The van der Waals surface area contributed by atoms with Crippen molar-refractivity contribution in [3.8, 4) is 0 Å². The highest BCUT2D eigenvalue weighted by Crippen LogP contribution is 2.75. The summed E-state index contributed by atoms with van der Waals surface area (Å²) in [4.78, 5) is 44.2. The maximum Gasteiger partial charge on any atom is 0.239 e. The van der Waals surface area contributed by atoms with E-state index < -0.39 is 22.7 Å². The van der Waals surface area contributed by atoms with Gasteiger partial charge in [-0.25, -0.2) is 4.90 Å². The van der Waals surface area contributed by atoms with Crippen molar-refractivity contribution in [2.75, 3.05) is 4.90 Å². The van der Waals surface area contributed by atoms with E-state index in [1.165, 1.54) is 4.90 Å². The molecule has 1 saturated carbocycles. The van der Waals surface area contributed by atoms with Gasteiger partial charge in [0.2, 0.25) is 11.8 Å². The highest BCUT2D eigenvalue weighted by atomic mass is 35.5. The zero-order chi connectivity index (χ0) is 25.2. The molecular formula is C31H26ClNO3. The van der Waals surface area contributed by atoms with Crippen LogP contribution in [0.1, 0.15) is 37.8 Å². The van der Waals surface area contributed by atoms with Crippen molar-refractivity contribution in [2.24, 2.45) is 22.7 Å². The largest absolute Gasteiger partial charge is 0.298 e. The van der Waals surface area contributed by atoms with Crippen molar-refractivity contribution >= 4 is 46.0 Å². The first-order valence-electron chi connectivity index (χ1n) is 12.4. The van der Waals surface area contributed by atoms with Gasteiger partial charge in [-0.15, -0.1) is 0 Å². The van der Waals surface area contributed by atoms with E-state index in [9.17, 15) is 14.4 Å². The third-order valence-corrected chi connectivity index (χ3v) is 8.73. The smallest absolute Gasteiger partial charge is 0.239 e. The molecule has 36 heavy (non-hydrogen) atoms. The molecule has 5 heteroatoms. The van der Waals surface area contributed by atoms with E-state index in [1.807, 2.05) is 74.5 Å². The number of ketones is 1. The zero-order valence-electron chi connectivity index (χ0n) is 20.2. The van der Waals surface area contributed by atoms with Gasteiger partial charge in [0.1, 0.15) is 0 Å². The number of benzene rings is 3. The average Bonchev–Trinajstić information content (AvgIpc) is 3.35. The molecule has 6 rings (SSSR count). The van der Waals surface area contributed by atoms with E-state index in [0.717, 1.165) is 22.3 Å². The summed E-state index contributed by atoms with van der Waals surface area (Å²) < 4.78 is 0. The lowest BCUT2D eigenvalue weighted by molar-refractivity contribution is -0.134. The lowest BCUT2D eigenvalue weighted by Gasteiger charge is -2.37. The molecule has 4 atom stereocenters. The molecule has 2 aliphatic carbocycles. The Bertz CT molecular complexity index is 1450. The van der Waals surface area contributed by atoms with Gasteiger partial charge in [0, 0.05) is 0 Å². The van der Waals surface area contributed by atoms with E-state index >= 15 is 0 Å². The van der Waals surface area contributed by atoms with Crippen LogP contribution in [0.25, 0.3) is 11.1 Å². The van der Waals surface area contributed by atoms with E-state index in [2.05, 4.69) is 0 Å². The van der Waals surface area contributed by atoms with Crippen molar-refractivity contribution < 1.29 is 14.4 Å². The third kappa shape index (κ3) is 2.68. The quantitative estimate of drug-likeness (QED) is 0.382. The fourth-order valence-corrected chi connectivity index (χ4v) is 7.45. The second-order valence-corrected chi connectivity index (χ2v) is 10.6. The molecule has 2 bridgehead atoms. The molecule has 3 aliphatic rings. The lowest BCUT2D eigenvalue weighted by Crippen LogP contribution is -2.41. The van der Waals surface area contributed by atoms with Crippen LogP contribution in [0.2, 0.25) is 5.02 Å². The van der Waals surface area contributed by atoms with Crippen molar-refractivity contribution in [1.82, 2.24) is 0 Å². The highest BCUT2D eigenvalue weighted by Gasteiger charge is 2.80. The Labute approximate surface area is 215 Å². The van der Waals surface area contributed by atoms with Gasteiger partial charge in [0.05, 0.1) is 33.4 Å². The topological polar surface area (TPSA) is 54.5 Å². The molecule has 0 aromatic heterocycles. The summed E-state index contributed by atoms with van der Waals surface area (Å²) in [7, 11) is 0. The van der Waals surface area contributed by atoms with Gasteiger partial charge in [0.15, 0.2) is 5.78 Å². The number of hydrogen-bond acceptors (Lipinski definition) is 3.